The first-order chi connectivity index (χ1) is 11.6. The van der Waals surface area contributed by atoms with E-state index in [1.54, 1.807) is 11.3 Å². The van der Waals surface area contributed by atoms with Gasteiger partial charge in [0.2, 0.25) is 0 Å². The summed E-state index contributed by atoms with van der Waals surface area (Å²) in [5.74, 6) is -0.765. The third kappa shape index (κ3) is 3.37. The topological polar surface area (TPSA) is 43.8 Å². The van der Waals surface area contributed by atoms with Crippen LogP contribution < -0.4 is 0 Å². The smallest absolute Gasteiger partial charge is 0.325 e. The van der Waals surface area contributed by atoms with Gasteiger partial charge in [0.15, 0.2) is 0 Å². The van der Waals surface area contributed by atoms with Gasteiger partial charge in [-0.3, -0.25) is 9.69 Å². The number of nitrogens with zero attached hydrogens (tertiary/aromatic N) is 2. The molecule has 0 bridgehead atoms. The third-order valence-electron chi connectivity index (χ3n) is 4.85. The minimum atomic E-state index is -0.765. The van der Waals surface area contributed by atoms with Crippen molar-refractivity contribution in [3.05, 3.63) is 48.0 Å². The number of benzene rings is 2. The van der Waals surface area contributed by atoms with Gasteiger partial charge in [0.05, 0.1) is 0 Å². The Kier molecular flexibility index (Phi) is 5.29. The van der Waals surface area contributed by atoms with Crippen LogP contribution in [0.5, 0.6) is 0 Å². The summed E-state index contributed by atoms with van der Waals surface area (Å²) in [5, 5.41) is 12.2. The Morgan fingerprint density at radius 2 is 1.72 bits per heavy atom. The Morgan fingerprint density at radius 1 is 1.04 bits per heavy atom. The van der Waals surface area contributed by atoms with E-state index in [0.717, 1.165) is 37.1 Å². The van der Waals surface area contributed by atoms with E-state index in [4.69, 9.17) is 0 Å². The van der Waals surface area contributed by atoms with Crippen molar-refractivity contribution < 1.29 is 9.90 Å². The van der Waals surface area contributed by atoms with Gasteiger partial charge in [-0.25, -0.2) is 0 Å². The number of thiophene rings is 1. The fourth-order valence-electron chi connectivity index (χ4n) is 3.50. The van der Waals surface area contributed by atoms with Crippen LogP contribution in [-0.4, -0.2) is 54.1 Å². The van der Waals surface area contributed by atoms with Crippen LogP contribution in [0.4, 0.5) is 0 Å². The number of carboxylic acid groups (broad SMARTS) is 1. The predicted molar refractivity (Wildman–Crippen MR) is 106 cm³/mol. The second-order valence-corrected chi connectivity index (χ2v) is 7.52. The van der Waals surface area contributed by atoms with Gasteiger partial charge >= 0.3 is 5.97 Å². The zero-order chi connectivity index (χ0) is 16.7. The highest BCUT2D eigenvalue weighted by Crippen LogP contribution is 2.36. The Labute approximate surface area is 157 Å². The van der Waals surface area contributed by atoms with E-state index in [1.165, 1.54) is 14.8 Å². The van der Waals surface area contributed by atoms with E-state index in [9.17, 15) is 9.90 Å². The molecule has 1 saturated heterocycles. The molecule has 1 fully saturated rings. The molecule has 1 N–H and O–H groups in total. The monoisotopic (exact) mass is 376 g/mol. The highest BCUT2D eigenvalue weighted by atomic mass is 35.5. The largest absolute Gasteiger partial charge is 0.480 e. The van der Waals surface area contributed by atoms with Gasteiger partial charge in [-0.05, 0) is 30.8 Å². The number of carboxylic acids is 1. The minimum absolute atomic E-state index is 0. The second-order valence-electron chi connectivity index (χ2n) is 6.43. The van der Waals surface area contributed by atoms with Crippen molar-refractivity contribution in [3.63, 3.8) is 0 Å². The fourth-order valence-corrected chi connectivity index (χ4v) is 4.59. The zero-order valence-electron chi connectivity index (χ0n) is 14.0. The summed E-state index contributed by atoms with van der Waals surface area (Å²) in [6.45, 7) is 3.40. The molecule has 0 aliphatic carbocycles. The average Bonchev–Trinajstić information content (AvgIpc) is 2.95. The first kappa shape index (κ1) is 18.1. The number of likely N-dealkylation sites (N-methyl/N-ethyl adjacent to an activating group) is 1. The predicted octanol–water partition coefficient (Wildman–Crippen LogP) is 3.85. The highest BCUT2D eigenvalue weighted by Gasteiger charge is 2.29. The molecule has 1 atom stereocenters. The Hall–Kier alpha value is -1.66. The van der Waals surface area contributed by atoms with E-state index in [2.05, 4.69) is 41.1 Å². The number of piperazine rings is 1. The van der Waals surface area contributed by atoms with Crippen LogP contribution in [-0.2, 0) is 4.79 Å². The molecule has 1 aromatic heterocycles. The molecule has 0 amide bonds. The first-order valence-electron chi connectivity index (χ1n) is 8.20. The number of hydrogen-bond acceptors (Lipinski definition) is 4. The van der Waals surface area contributed by atoms with E-state index in [-0.39, 0.29) is 12.4 Å². The van der Waals surface area contributed by atoms with Crippen molar-refractivity contribution in [2.75, 3.05) is 33.2 Å². The van der Waals surface area contributed by atoms with Crippen molar-refractivity contribution in [2.45, 2.75) is 6.04 Å². The van der Waals surface area contributed by atoms with Crippen LogP contribution in [0.2, 0.25) is 0 Å². The van der Waals surface area contributed by atoms with Gasteiger partial charge in [0.25, 0.3) is 0 Å². The summed E-state index contributed by atoms with van der Waals surface area (Å²) in [6, 6.07) is 13.9. The molecule has 6 heteroatoms. The lowest BCUT2D eigenvalue weighted by Gasteiger charge is -2.36. The van der Waals surface area contributed by atoms with Crippen molar-refractivity contribution in [1.82, 2.24) is 9.80 Å². The van der Waals surface area contributed by atoms with Crippen LogP contribution >= 0.6 is 23.7 Å². The maximum absolute atomic E-state index is 12.0. The van der Waals surface area contributed by atoms with Crippen LogP contribution in [0.1, 0.15) is 11.6 Å². The molecule has 132 valence electrons. The molecule has 0 radical (unpaired) electrons. The summed E-state index contributed by atoms with van der Waals surface area (Å²) in [4.78, 5) is 16.3. The van der Waals surface area contributed by atoms with Gasteiger partial charge in [0, 0.05) is 46.4 Å². The molecule has 2 aromatic carbocycles. The average molecular weight is 377 g/mol. The molecular weight excluding hydrogens is 356 g/mol. The number of carbonyl (C=O) groups is 1. The number of hydrogen-bond donors (Lipinski definition) is 1. The van der Waals surface area contributed by atoms with Crippen LogP contribution in [0.25, 0.3) is 20.2 Å². The first-order valence-corrected chi connectivity index (χ1v) is 9.02. The maximum atomic E-state index is 12.0. The fraction of sp³-hybridized carbons (Fsp3) is 0.316. The third-order valence-corrected chi connectivity index (χ3v) is 6.01. The number of halogens is 1. The van der Waals surface area contributed by atoms with E-state index >= 15 is 0 Å². The van der Waals surface area contributed by atoms with E-state index in [1.807, 2.05) is 18.2 Å². The van der Waals surface area contributed by atoms with Gasteiger partial charge in [-0.2, -0.15) is 0 Å². The molecule has 1 aliphatic heterocycles. The lowest BCUT2D eigenvalue weighted by molar-refractivity contribution is -0.144. The Balaban J connectivity index is 0.00000182. The van der Waals surface area contributed by atoms with Gasteiger partial charge in [-0.15, -0.1) is 23.7 Å². The maximum Gasteiger partial charge on any atom is 0.325 e. The summed E-state index contributed by atoms with van der Waals surface area (Å²) in [6.07, 6.45) is 0. The SMILES string of the molecule is CN1CCN(C(C(=O)O)c2ccc3sc4ccccc4c3c2)CC1.Cl. The zero-order valence-corrected chi connectivity index (χ0v) is 15.6. The summed E-state index contributed by atoms with van der Waals surface area (Å²) in [7, 11) is 2.08. The molecule has 0 saturated carbocycles. The number of aliphatic carboxylic acids is 1. The van der Waals surface area contributed by atoms with Crippen LogP contribution in [0.3, 0.4) is 0 Å². The normalized spacial score (nSPS) is 17.5. The lowest BCUT2D eigenvalue weighted by Crippen LogP contribution is -2.47. The molecule has 0 spiro atoms. The summed E-state index contributed by atoms with van der Waals surface area (Å²) < 4.78 is 2.46. The van der Waals surface area contributed by atoms with Crippen LogP contribution in [0.15, 0.2) is 42.5 Å². The molecule has 25 heavy (non-hydrogen) atoms. The highest BCUT2D eigenvalue weighted by molar-refractivity contribution is 7.25. The quantitative estimate of drug-likeness (QED) is 0.754. The second kappa shape index (κ2) is 7.30. The van der Waals surface area contributed by atoms with Crippen molar-refractivity contribution in [3.8, 4) is 0 Å². The number of rotatable bonds is 3. The molecule has 2 heterocycles. The summed E-state index contributed by atoms with van der Waals surface area (Å²) in [5.41, 5.74) is 0.878. The summed E-state index contributed by atoms with van der Waals surface area (Å²) >= 11 is 1.76. The minimum Gasteiger partial charge on any atom is -0.480 e. The lowest BCUT2D eigenvalue weighted by atomic mass is 10.0. The van der Waals surface area contributed by atoms with Crippen molar-refractivity contribution >= 4 is 49.9 Å². The van der Waals surface area contributed by atoms with Gasteiger partial charge < -0.3 is 10.0 Å². The van der Waals surface area contributed by atoms with E-state index in [0.29, 0.717) is 0 Å². The Bertz CT molecular complexity index is 903. The number of fused-ring (bicyclic) bond motifs is 3. The molecule has 1 aliphatic rings. The van der Waals surface area contributed by atoms with Crippen molar-refractivity contribution in [1.29, 1.82) is 0 Å². The Morgan fingerprint density at radius 3 is 2.44 bits per heavy atom. The molecule has 4 nitrogen and oxygen atoms in total. The van der Waals surface area contributed by atoms with Crippen LogP contribution in [0, 0.1) is 0 Å². The molecular formula is C19H21ClN2O2S. The standard InChI is InChI=1S/C19H20N2O2S.ClH/c1-20-8-10-21(11-9-20)18(19(22)23)13-6-7-17-15(12-13)14-4-2-3-5-16(14)24-17;/h2-7,12,18H,8-11H2,1H3,(H,22,23);1H. The molecule has 3 aromatic rings. The molecule has 4 rings (SSSR count). The van der Waals surface area contributed by atoms with Gasteiger partial charge in [0.1, 0.15) is 6.04 Å². The van der Waals surface area contributed by atoms with Crippen molar-refractivity contribution in [2.24, 2.45) is 0 Å². The van der Waals surface area contributed by atoms with E-state index < -0.39 is 12.0 Å². The molecule has 1 unspecified atom stereocenters. The van der Waals surface area contributed by atoms with Gasteiger partial charge in [-0.1, -0.05) is 24.3 Å².